The van der Waals surface area contributed by atoms with Crippen LogP contribution in [0.1, 0.15) is 32.8 Å². The number of hydrogen-bond donors (Lipinski definition) is 4. The van der Waals surface area contributed by atoms with Crippen molar-refractivity contribution in [1.82, 2.24) is 16.0 Å². The Morgan fingerprint density at radius 3 is 2.46 bits per heavy atom. The SMILES string of the molecule is CCCNC(=O)NCCc1ccc(OCC(O)CNC(C)C)cc1. The normalized spacial score (nSPS) is 12.0. The van der Waals surface area contributed by atoms with Crippen LogP contribution in [0.15, 0.2) is 24.3 Å². The van der Waals surface area contributed by atoms with Gasteiger partial charge in [-0.2, -0.15) is 0 Å². The van der Waals surface area contributed by atoms with Gasteiger partial charge in [0.25, 0.3) is 0 Å². The van der Waals surface area contributed by atoms with Crippen molar-refractivity contribution in [2.75, 3.05) is 26.2 Å². The Balaban J connectivity index is 2.24. The van der Waals surface area contributed by atoms with Gasteiger partial charge in [0.05, 0.1) is 0 Å². The average Bonchev–Trinajstić information content (AvgIpc) is 2.57. The van der Waals surface area contributed by atoms with Gasteiger partial charge < -0.3 is 25.8 Å². The second-order valence-corrected chi connectivity index (χ2v) is 6.10. The molecule has 1 aromatic carbocycles. The molecule has 0 spiro atoms. The summed E-state index contributed by atoms with van der Waals surface area (Å²) >= 11 is 0. The zero-order valence-corrected chi connectivity index (χ0v) is 15.0. The zero-order chi connectivity index (χ0) is 17.8. The Kier molecular flexibility index (Phi) is 9.88. The van der Waals surface area contributed by atoms with Crippen molar-refractivity contribution in [1.29, 1.82) is 0 Å². The molecule has 0 bridgehead atoms. The zero-order valence-electron chi connectivity index (χ0n) is 15.0. The Hall–Kier alpha value is -1.79. The first-order valence-electron chi connectivity index (χ1n) is 8.66. The molecule has 0 aliphatic heterocycles. The standard InChI is InChI=1S/C18H31N3O3/c1-4-10-19-18(23)20-11-9-15-5-7-17(8-6-15)24-13-16(22)12-21-14(2)3/h5-8,14,16,21-22H,4,9-13H2,1-3H3,(H2,19,20,23). The number of carbonyl (C=O) groups is 1. The maximum atomic E-state index is 11.4. The van der Waals surface area contributed by atoms with Crippen LogP contribution in [0.5, 0.6) is 5.75 Å². The summed E-state index contributed by atoms with van der Waals surface area (Å²) in [5.74, 6) is 0.732. The highest BCUT2D eigenvalue weighted by Gasteiger charge is 2.06. The topological polar surface area (TPSA) is 82.6 Å². The lowest BCUT2D eigenvalue weighted by Gasteiger charge is -2.15. The van der Waals surface area contributed by atoms with Crippen molar-refractivity contribution in [2.24, 2.45) is 0 Å². The van der Waals surface area contributed by atoms with Crippen LogP contribution in [-0.2, 0) is 6.42 Å². The Morgan fingerprint density at radius 2 is 1.83 bits per heavy atom. The summed E-state index contributed by atoms with van der Waals surface area (Å²) in [5, 5.41) is 18.6. The molecule has 0 aromatic heterocycles. The average molecular weight is 337 g/mol. The van der Waals surface area contributed by atoms with E-state index in [0.29, 0.717) is 25.7 Å². The molecule has 4 N–H and O–H groups in total. The molecule has 24 heavy (non-hydrogen) atoms. The monoisotopic (exact) mass is 337 g/mol. The number of aliphatic hydroxyl groups excluding tert-OH is 1. The molecule has 136 valence electrons. The third kappa shape index (κ3) is 9.37. The molecule has 0 saturated carbocycles. The molecule has 0 radical (unpaired) electrons. The molecule has 0 heterocycles. The molecule has 2 amide bonds. The van der Waals surface area contributed by atoms with Gasteiger partial charge in [0.1, 0.15) is 18.5 Å². The number of rotatable bonds is 11. The van der Waals surface area contributed by atoms with Crippen molar-refractivity contribution in [3.05, 3.63) is 29.8 Å². The molecule has 0 aliphatic rings. The molecular weight excluding hydrogens is 306 g/mol. The second kappa shape index (κ2) is 11.7. The summed E-state index contributed by atoms with van der Waals surface area (Å²) in [5.41, 5.74) is 1.13. The molecule has 1 atom stereocenters. The highest BCUT2D eigenvalue weighted by Crippen LogP contribution is 2.12. The molecule has 1 rings (SSSR count). The fourth-order valence-electron chi connectivity index (χ4n) is 2.00. The van der Waals surface area contributed by atoms with Crippen molar-refractivity contribution in [3.63, 3.8) is 0 Å². The van der Waals surface area contributed by atoms with Crippen LogP contribution in [0.3, 0.4) is 0 Å². The Morgan fingerprint density at radius 1 is 1.17 bits per heavy atom. The van der Waals surface area contributed by atoms with Crippen LogP contribution in [0.25, 0.3) is 0 Å². The first-order valence-corrected chi connectivity index (χ1v) is 8.66. The van der Waals surface area contributed by atoms with E-state index in [9.17, 15) is 9.90 Å². The summed E-state index contributed by atoms with van der Waals surface area (Å²) in [7, 11) is 0. The summed E-state index contributed by atoms with van der Waals surface area (Å²) in [6.07, 6.45) is 1.16. The highest BCUT2D eigenvalue weighted by atomic mass is 16.5. The maximum absolute atomic E-state index is 11.4. The quantitative estimate of drug-likeness (QED) is 0.495. The van der Waals surface area contributed by atoms with Crippen molar-refractivity contribution >= 4 is 6.03 Å². The summed E-state index contributed by atoms with van der Waals surface area (Å²) in [6, 6.07) is 7.93. The van der Waals surface area contributed by atoms with E-state index in [-0.39, 0.29) is 12.6 Å². The summed E-state index contributed by atoms with van der Waals surface area (Å²) in [6.45, 7) is 8.15. The van der Waals surface area contributed by atoms with Gasteiger partial charge in [-0.05, 0) is 30.5 Å². The van der Waals surface area contributed by atoms with E-state index in [2.05, 4.69) is 16.0 Å². The van der Waals surface area contributed by atoms with Crippen molar-refractivity contribution < 1.29 is 14.6 Å². The lowest BCUT2D eigenvalue weighted by atomic mass is 10.1. The third-order valence-electron chi connectivity index (χ3n) is 3.36. The maximum Gasteiger partial charge on any atom is 0.314 e. The number of aliphatic hydroxyl groups is 1. The van der Waals surface area contributed by atoms with Gasteiger partial charge in [0.2, 0.25) is 0 Å². The molecule has 0 fully saturated rings. The minimum Gasteiger partial charge on any atom is -0.491 e. The van der Waals surface area contributed by atoms with Crippen LogP contribution < -0.4 is 20.7 Å². The lowest BCUT2D eigenvalue weighted by molar-refractivity contribution is 0.104. The fraction of sp³-hybridized carbons (Fsp3) is 0.611. The van der Waals surface area contributed by atoms with Gasteiger partial charge >= 0.3 is 6.03 Å². The van der Waals surface area contributed by atoms with Crippen molar-refractivity contribution in [2.45, 2.75) is 45.8 Å². The minimum atomic E-state index is -0.530. The van der Waals surface area contributed by atoms with Crippen LogP contribution in [0.2, 0.25) is 0 Å². The van der Waals surface area contributed by atoms with Crippen LogP contribution in [0, 0.1) is 0 Å². The summed E-state index contributed by atoms with van der Waals surface area (Å²) < 4.78 is 5.57. The molecule has 1 aromatic rings. The van der Waals surface area contributed by atoms with Gasteiger partial charge in [0.15, 0.2) is 0 Å². The third-order valence-corrected chi connectivity index (χ3v) is 3.36. The molecule has 6 nitrogen and oxygen atoms in total. The van der Waals surface area contributed by atoms with E-state index in [1.807, 2.05) is 45.0 Å². The molecule has 6 heteroatoms. The molecular formula is C18H31N3O3. The van der Waals surface area contributed by atoms with E-state index >= 15 is 0 Å². The Bertz CT molecular complexity index is 463. The van der Waals surface area contributed by atoms with Gasteiger partial charge in [-0.1, -0.05) is 32.9 Å². The number of amides is 2. The van der Waals surface area contributed by atoms with E-state index in [1.54, 1.807) is 0 Å². The first kappa shape index (κ1) is 20.3. The molecule has 1 unspecified atom stereocenters. The first-order chi connectivity index (χ1) is 11.5. The highest BCUT2D eigenvalue weighted by molar-refractivity contribution is 5.73. The molecule has 0 saturated heterocycles. The summed E-state index contributed by atoms with van der Waals surface area (Å²) in [4.78, 5) is 11.4. The van der Waals surface area contributed by atoms with Crippen LogP contribution in [-0.4, -0.2) is 49.5 Å². The number of benzene rings is 1. The number of nitrogens with one attached hydrogen (secondary N) is 3. The minimum absolute atomic E-state index is 0.124. The van der Waals surface area contributed by atoms with E-state index in [1.165, 1.54) is 0 Å². The number of urea groups is 1. The predicted molar refractivity (Wildman–Crippen MR) is 96.5 cm³/mol. The van der Waals surface area contributed by atoms with E-state index in [0.717, 1.165) is 24.2 Å². The fourth-order valence-corrected chi connectivity index (χ4v) is 2.00. The van der Waals surface area contributed by atoms with Gasteiger partial charge in [-0.15, -0.1) is 0 Å². The van der Waals surface area contributed by atoms with Gasteiger partial charge in [0, 0.05) is 25.7 Å². The lowest BCUT2D eigenvalue weighted by Crippen LogP contribution is -2.36. The van der Waals surface area contributed by atoms with Gasteiger partial charge in [-0.3, -0.25) is 0 Å². The van der Waals surface area contributed by atoms with Crippen LogP contribution >= 0.6 is 0 Å². The van der Waals surface area contributed by atoms with E-state index < -0.39 is 6.10 Å². The number of ether oxygens (including phenoxy) is 1. The number of carbonyl (C=O) groups excluding carboxylic acids is 1. The number of hydrogen-bond acceptors (Lipinski definition) is 4. The van der Waals surface area contributed by atoms with E-state index in [4.69, 9.17) is 4.74 Å². The second-order valence-electron chi connectivity index (χ2n) is 6.10. The van der Waals surface area contributed by atoms with Gasteiger partial charge in [-0.25, -0.2) is 4.79 Å². The smallest absolute Gasteiger partial charge is 0.314 e. The predicted octanol–water partition coefficient (Wildman–Crippen LogP) is 1.68. The molecule has 0 aliphatic carbocycles. The largest absolute Gasteiger partial charge is 0.491 e. The van der Waals surface area contributed by atoms with Crippen LogP contribution in [0.4, 0.5) is 4.79 Å². The Labute approximate surface area is 145 Å². The van der Waals surface area contributed by atoms with Crippen molar-refractivity contribution in [3.8, 4) is 5.75 Å².